The summed E-state index contributed by atoms with van der Waals surface area (Å²) in [6.45, 7) is 2.19. The van der Waals surface area contributed by atoms with Crippen LogP contribution >= 0.6 is 11.8 Å². The van der Waals surface area contributed by atoms with Gasteiger partial charge in [0.05, 0.1) is 37.8 Å². The molecule has 3 aliphatic rings. The van der Waals surface area contributed by atoms with Crippen molar-refractivity contribution in [3.63, 3.8) is 0 Å². The molecule has 0 unspecified atom stereocenters. The van der Waals surface area contributed by atoms with Gasteiger partial charge in [-0.1, -0.05) is 88.1 Å². The van der Waals surface area contributed by atoms with Gasteiger partial charge >= 0.3 is 5.97 Å². The van der Waals surface area contributed by atoms with E-state index in [1.54, 1.807) is 60.9 Å². The number of phenols is 1. The first-order valence-electron chi connectivity index (χ1n) is 45.3. The number of phenolic OH excluding ortho intramolecular Hbond substituents is 1. The van der Waals surface area contributed by atoms with E-state index >= 15 is 38.4 Å². The molecule has 3 aliphatic heterocycles. The number of nitrogens with zero attached hydrogens (tertiary/aromatic N) is 6. The van der Waals surface area contributed by atoms with E-state index in [0.717, 1.165) is 36.3 Å². The maximum absolute atomic E-state index is 15.8. The number of H-pyrrole nitrogens is 3. The van der Waals surface area contributed by atoms with Gasteiger partial charge in [0, 0.05) is 131 Å². The van der Waals surface area contributed by atoms with Crippen LogP contribution in [0.1, 0.15) is 133 Å². The number of unbranched alkanes of at least 4 members (excludes halogenated alkanes) is 2. The zero-order valence-electron chi connectivity index (χ0n) is 77.0. The minimum atomic E-state index is -1.94. The maximum atomic E-state index is 15.8. The average molecular weight is 1930 g/mol. The van der Waals surface area contributed by atoms with Crippen molar-refractivity contribution in [3.8, 4) is 5.75 Å². The van der Waals surface area contributed by atoms with Crippen molar-refractivity contribution in [2.24, 2.45) is 17.2 Å². The van der Waals surface area contributed by atoms with Gasteiger partial charge in [0.15, 0.2) is 5.96 Å². The molecule has 0 saturated carbocycles. The fourth-order valence-electron chi connectivity index (χ4n) is 16.6. The molecular weight excluding hydrogens is 1800 g/mol. The fourth-order valence-corrected chi connectivity index (χ4v) is 17.5. The second-order valence-corrected chi connectivity index (χ2v) is 35.3. The van der Waals surface area contributed by atoms with E-state index < -0.39 is 266 Å². The van der Waals surface area contributed by atoms with Gasteiger partial charge in [-0.15, -0.1) is 11.8 Å². The first kappa shape index (κ1) is 106. The fraction of sp³-hybridized carbons (Fsp3) is 0.511. The van der Waals surface area contributed by atoms with Crippen molar-refractivity contribution in [3.05, 3.63) is 120 Å². The molecule has 0 aliphatic carbocycles. The van der Waals surface area contributed by atoms with Crippen molar-refractivity contribution in [2.45, 2.75) is 227 Å². The van der Waals surface area contributed by atoms with E-state index in [9.17, 15) is 68.4 Å². The predicted octanol–water partition coefficient (Wildman–Crippen LogP) is -4.11. The molecule has 3 aromatic carbocycles. The predicted molar refractivity (Wildman–Crippen MR) is 497 cm³/mol. The number of guanidine groups is 1. The number of aliphatic carboxylic acids is 1. The van der Waals surface area contributed by atoms with Crippen LogP contribution in [0.2, 0.25) is 0 Å². The third-order valence-electron chi connectivity index (χ3n) is 24.3. The number of nitrogens with one attached hydrogen (secondary N) is 15. The summed E-state index contributed by atoms with van der Waals surface area (Å²) in [4.78, 5) is 281. The quantitative estimate of drug-likeness (QED) is 0.0132. The van der Waals surface area contributed by atoms with Crippen molar-refractivity contribution in [1.29, 1.82) is 5.41 Å². The summed E-state index contributed by atoms with van der Waals surface area (Å²) in [6, 6.07) is -3.63. The Hall–Kier alpha value is -14.3. The Morgan fingerprint density at radius 2 is 1.08 bits per heavy atom. The monoisotopic (exact) mass is 1920 g/mol. The number of primary amides is 2. The number of imidazole rings is 1. The van der Waals surface area contributed by atoms with Crippen LogP contribution in [0, 0.1) is 5.41 Å². The standard InChI is InChI=1S/C90H124N24O22S/c1-7-9-22-68-82(129)102-59(21-15-31-96-90(93)94)78(125)109-67(77(124)99-42-73(92)119)45-137-46-74(120)101-63(33-49-25-27-53(116)28-26-49)85(132)110(4)48(3)76(123)106-65(38-72(91)118)88(135)113-32-16-24-69(113)83(130)105-62(36-52-41-95-47-100-52)80(127)103-60(29-30-75(121)122)87(134)114-43-54(117)37-71(114)84(131)104-61(34-50-39-97-57-19-13-11-17-55(50)57)79(126)108-66(44-115)81(128)107-64(35-51-40-98-58-20-14-12-18-56(51)58)86(133)112(6)70(23-10-8-2)89(136)111(68)5/h11-14,17-20,25-28,39-41,47-48,54,59-71,97-98,115-117H,7-10,15-16,21-24,29-38,42-46H2,1-6H3,(H2,91,118)(H2,92,119)(H,95,100)(H,99,124)(H,101,120)(H,102,129)(H,103,127)(H,104,131)(H,105,130)(H,106,123)(H,107,128)(H,108,126)(H,109,125)(H,121,122)(H4,93,94,96)/t48-,54+,59-,60-,61-,62-,63-,64-,65-,66-,67-,68-,69-,70-,71-/m0/s1. The highest BCUT2D eigenvalue weighted by molar-refractivity contribution is 8.00. The van der Waals surface area contributed by atoms with E-state index in [0.29, 0.717) is 64.2 Å². The molecule has 17 amide bonds. The lowest BCUT2D eigenvalue weighted by atomic mass is 10.00. The van der Waals surface area contributed by atoms with Crippen LogP contribution in [-0.4, -0.2) is 333 Å². The summed E-state index contributed by atoms with van der Waals surface area (Å²) in [5.74, 6) is -20.2. The number of thioether (sulfide) groups is 1. The van der Waals surface area contributed by atoms with Gasteiger partial charge in [0.25, 0.3) is 0 Å². The Balaban J connectivity index is 1.11. The number of para-hydroxylation sites is 2. The normalized spacial score (nSPS) is 24.5. The summed E-state index contributed by atoms with van der Waals surface area (Å²) in [6.07, 6.45) is 1.32. The molecule has 15 atom stereocenters. The number of aliphatic hydroxyl groups is 2. The highest BCUT2D eigenvalue weighted by Gasteiger charge is 2.47. The number of aromatic hydroxyl groups is 1. The number of likely N-dealkylation sites (N-methyl/N-ethyl adjacent to an activating group) is 3. The van der Waals surface area contributed by atoms with E-state index in [-0.39, 0.29) is 82.3 Å². The summed E-state index contributed by atoms with van der Waals surface area (Å²) in [7, 11) is 3.84. The zero-order valence-corrected chi connectivity index (χ0v) is 77.9. The number of carboxylic acid groups (broad SMARTS) is 1. The van der Waals surface area contributed by atoms with Crippen molar-refractivity contribution >= 4 is 146 Å². The van der Waals surface area contributed by atoms with Gasteiger partial charge in [0.1, 0.15) is 90.3 Å². The van der Waals surface area contributed by atoms with Gasteiger partial charge in [-0.2, -0.15) is 0 Å². The number of carbonyl (C=O) groups excluding carboxylic acids is 17. The van der Waals surface area contributed by atoms with E-state index in [1.165, 1.54) is 64.9 Å². The van der Waals surface area contributed by atoms with Crippen LogP contribution in [0.5, 0.6) is 5.75 Å². The minimum Gasteiger partial charge on any atom is -0.508 e. The SMILES string of the molecule is CCCC[C@H]1C(=O)N(C)[C@@H](CCCC)C(=O)N[C@@H](CCCNC(=N)N)C(=O)N[C@H](C(=O)NCC(N)=O)CSCC(=O)N[C@@H](Cc2ccc(O)cc2)C(=O)N(C)[C@@H](C)C(=O)N[C@@H](CC(N)=O)C(=O)N2CCC[C@H]2C(=O)N[C@@H](Cc2cnc[nH]2)C(=O)N[C@@H](CCC(=O)O)C(=O)N2C[C@H](O)C[C@H]2C(=O)N[C@@H](Cc2c[nH]c3ccccc23)C(=O)N[C@@H](CO)C(=O)N[C@@H](Cc2c[nH]c3ccccc23)C(=O)N1C. The number of aromatic nitrogens is 4. The lowest BCUT2D eigenvalue weighted by Crippen LogP contribution is -2.62. The number of carbonyl (C=O) groups is 18. The van der Waals surface area contributed by atoms with E-state index in [4.69, 9.17) is 22.6 Å². The molecule has 9 rings (SSSR count). The van der Waals surface area contributed by atoms with Crippen LogP contribution in [0.3, 0.4) is 0 Å². The lowest BCUT2D eigenvalue weighted by Gasteiger charge is -2.36. The molecule has 742 valence electrons. The average Bonchev–Trinajstić information content (AvgIpc) is 1.69. The highest BCUT2D eigenvalue weighted by Crippen LogP contribution is 2.28. The minimum absolute atomic E-state index is 0.0208. The van der Waals surface area contributed by atoms with E-state index in [1.807, 2.05) is 13.8 Å². The molecule has 47 heteroatoms. The number of nitrogens with two attached hydrogens (primary N) is 3. The Morgan fingerprint density at radius 1 is 0.540 bits per heavy atom. The number of benzene rings is 3. The highest BCUT2D eigenvalue weighted by atomic mass is 32.2. The smallest absolute Gasteiger partial charge is 0.303 e. The first-order valence-corrected chi connectivity index (χ1v) is 46.4. The number of carboxylic acids is 1. The van der Waals surface area contributed by atoms with Crippen LogP contribution in [0.25, 0.3) is 21.8 Å². The Morgan fingerprint density at radius 3 is 1.68 bits per heavy atom. The Labute approximate surface area is 792 Å². The third-order valence-corrected chi connectivity index (χ3v) is 25.3. The zero-order chi connectivity index (χ0) is 100. The van der Waals surface area contributed by atoms with Gasteiger partial charge in [0.2, 0.25) is 100 Å². The molecule has 0 bridgehead atoms. The summed E-state index contributed by atoms with van der Waals surface area (Å²) in [5.41, 5.74) is 19.5. The molecular formula is C90H124N24O22S. The van der Waals surface area contributed by atoms with Crippen molar-refractivity contribution < 1.29 is 107 Å². The lowest BCUT2D eigenvalue weighted by molar-refractivity contribution is -0.149. The van der Waals surface area contributed by atoms with E-state index in [2.05, 4.69) is 78.4 Å². The molecule has 6 aromatic rings. The second kappa shape index (κ2) is 50.9. The van der Waals surface area contributed by atoms with Crippen LogP contribution in [0.4, 0.5) is 0 Å². The number of hydrogen-bond acceptors (Lipinski definition) is 24. The second-order valence-electron chi connectivity index (χ2n) is 34.3. The van der Waals surface area contributed by atoms with Gasteiger partial charge in [-0.05, 0) is 92.8 Å². The summed E-state index contributed by atoms with van der Waals surface area (Å²) >= 11 is 0.744. The summed E-state index contributed by atoms with van der Waals surface area (Å²) < 4.78 is 0. The first-order chi connectivity index (χ1) is 65.3. The molecule has 0 radical (unpaired) electrons. The number of aromatic amines is 3. The number of rotatable bonds is 27. The third kappa shape index (κ3) is 29.9. The number of hydrogen-bond donors (Lipinski definition) is 22. The number of fused-ring (bicyclic) bond motifs is 4. The Kier molecular flexibility index (Phi) is 39.5. The molecule has 25 N–H and O–H groups in total. The number of aliphatic hydroxyl groups excluding tert-OH is 2. The molecule has 46 nitrogen and oxygen atoms in total. The molecule has 137 heavy (non-hydrogen) atoms. The van der Waals surface area contributed by atoms with Crippen molar-refractivity contribution in [2.75, 3.05) is 65.4 Å². The largest absolute Gasteiger partial charge is 0.508 e. The van der Waals surface area contributed by atoms with Gasteiger partial charge < -0.3 is 136 Å². The maximum Gasteiger partial charge on any atom is 0.303 e. The molecule has 3 saturated heterocycles. The van der Waals surface area contributed by atoms with Gasteiger partial charge in [-0.25, -0.2) is 4.98 Å². The summed E-state index contributed by atoms with van der Waals surface area (Å²) in [5, 5.41) is 80.5. The van der Waals surface area contributed by atoms with Gasteiger partial charge in [-0.3, -0.25) is 91.7 Å². The number of amides is 17. The van der Waals surface area contributed by atoms with Crippen LogP contribution < -0.4 is 75.7 Å². The van der Waals surface area contributed by atoms with Crippen LogP contribution in [-0.2, 0) is 112 Å². The molecule has 6 heterocycles. The van der Waals surface area contributed by atoms with Crippen molar-refractivity contribution in [1.82, 2.24) is 103 Å². The Bertz CT molecular complexity index is 5330. The molecule has 3 aromatic heterocycles. The van der Waals surface area contributed by atoms with Crippen LogP contribution in [0.15, 0.2) is 97.7 Å². The molecule has 0 spiro atoms. The topological polar surface area (TPSA) is 699 Å². The molecule has 3 fully saturated rings.